The van der Waals surface area contributed by atoms with Crippen molar-refractivity contribution in [3.8, 4) is 6.07 Å². The lowest BCUT2D eigenvalue weighted by atomic mass is 10.2. The van der Waals surface area contributed by atoms with E-state index in [1.807, 2.05) is 6.07 Å². The maximum absolute atomic E-state index is 11.0. The Hall–Kier alpha value is -2.68. The van der Waals surface area contributed by atoms with E-state index in [0.29, 0.717) is 11.4 Å². The Morgan fingerprint density at radius 3 is 3.12 bits per heavy atom. The summed E-state index contributed by atoms with van der Waals surface area (Å²) >= 11 is 0. The van der Waals surface area contributed by atoms with Gasteiger partial charge in [0.05, 0.1) is 12.2 Å². The lowest BCUT2D eigenvalue weighted by molar-refractivity contribution is 0.0694. The quantitative estimate of drug-likeness (QED) is 0.842. The zero-order chi connectivity index (χ0) is 12.3. The van der Waals surface area contributed by atoms with Crippen molar-refractivity contribution in [1.82, 2.24) is 14.5 Å². The topological polar surface area (TPSA) is 91.8 Å². The highest BCUT2D eigenvalue weighted by atomic mass is 16.4. The van der Waals surface area contributed by atoms with Crippen molar-refractivity contribution in [2.45, 2.75) is 6.54 Å². The van der Waals surface area contributed by atoms with Gasteiger partial charge < -0.3 is 9.67 Å². The van der Waals surface area contributed by atoms with Crippen molar-refractivity contribution < 1.29 is 9.90 Å². The highest BCUT2D eigenvalue weighted by Gasteiger charge is 2.12. The number of aromatic carboxylic acids is 1. The number of carbonyl (C=O) groups is 1. The lowest BCUT2D eigenvalue weighted by Crippen LogP contribution is -2.10. The monoisotopic (exact) mass is 228 g/mol. The number of aromatic nitrogens is 3. The van der Waals surface area contributed by atoms with Crippen molar-refractivity contribution in [3.63, 3.8) is 0 Å². The molecule has 84 valence electrons. The molecule has 0 bridgehead atoms. The Balaban J connectivity index is 2.37. The highest BCUT2D eigenvalue weighted by molar-refractivity contribution is 5.88. The number of nitrogens with zero attached hydrogens (tertiary/aromatic N) is 4. The van der Waals surface area contributed by atoms with E-state index in [4.69, 9.17) is 10.4 Å². The van der Waals surface area contributed by atoms with Crippen LogP contribution in [0.2, 0.25) is 0 Å². The molecule has 6 heteroatoms. The molecular weight excluding hydrogens is 220 g/mol. The van der Waals surface area contributed by atoms with Crippen LogP contribution in [0.15, 0.2) is 30.9 Å². The van der Waals surface area contributed by atoms with Crippen LogP contribution in [0.4, 0.5) is 0 Å². The predicted molar refractivity (Wildman–Crippen MR) is 57.2 cm³/mol. The molecule has 2 aromatic heterocycles. The van der Waals surface area contributed by atoms with Gasteiger partial charge in [0.1, 0.15) is 23.7 Å². The molecule has 6 nitrogen and oxygen atoms in total. The predicted octanol–water partition coefficient (Wildman–Crippen LogP) is 0.896. The van der Waals surface area contributed by atoms with Crippen molar-refractivity contribution in [2.24, 2.45) is 0 Å². The number of rotatable bonds is 3. The molecule has 0 aliphatic rings. The molecule has 2 heterocycles. The van der Waals surface area contributed by atoms with Gasteiger partial charge in [-0.3, -0.25) is 0 Å². The summed E-state index contributed by atoms with van der Waals surface area (Å²) < 4.78 is 1.63. The van der Waals surface area contributed by atoms with Gasteiger partial charge in [-0.15, -0.1) is 0 Å². The largest absolute Gasteiger partial charge is 0.478 e. The summed E-state index contributed by atoms with van der Waals surface area (Å²) in [5, 5.41) is 17.8. The van der Waals surface area contributed by atoms with Gasteiger partial charge in [-0.2, -0.15) is 5.26 Å². The van der Waals surface area contributed by atoms with E-state index in [0.717, 1.165) is 0 Å². The van der Waals surface area contributed by atoms with E-state index < -0.39 is 5.97 Å². The Labute approximate surface area is 96.8 Å². The third kappa shape index (κ3) is 2.13. The van der Waals surface area contributed by atoms with Crippen LogP contribution in [0.3, 0.4) is 0 Å². The molecule has 0 spiro atoms. The second kappa shape index (κ2) is 4.45. The molecule has 0 saturated carbocycles. The summed E-state index contributed by atoms with van der Waals surface area (Å²) in [5.74, 6) is -1.08. The van der Waals surface area contributed by atoms with Crippen LogP contribution in [-0.4, -0.2) is 25.6 Å². The van der Waals surface area contributed by atoms with Gasteiger partial charge in [0, 0.05) is 12.4 Å². The zero-order valence-electron chi connectivity index (χ0n) is 8.74. The first-order valence-electron chi connectivity index (χ1n) is 4.80. The number of carboxylic acid groups (broad SMARTS) is 1. The van der Waals surface area contributed by atoms with Crippen LogP contribution in [0.5, 0.6) is 0 Å². The lowest BCUT2D eigenvalue weighted by Gasteiger charge is -2.06. The molecule has 0 aliphatic carbocycles. The third-order valence-corrected chi connectivity index (χ3v) is 2.29. The molecule has 2 rings (SSSR count). The first kappa shape index (κ1) is 10.8. The fourth-order valence-electron chi connectivity index (χ4n) is 1.47. The smallest absolute Gasteiger partial charge is 0.339 e. The summed E-state index contributed by atoms with van der Waals surface area (Å²) in [6.45, 7) is 0.236. The normalized spacial score (nSPS) is 9.82. The van der Waals surface area contributed by atoms with Gasteiger partial charge in [-0.05, 0) is 12.1 Å². The Morgan fingerprint density at radius 1 is 1.59 bits per heavy atom. The van der Waals surface area contributed by atoms with E-state index >= 15 is 0 Å². The fourth-order valence-corrected chi connectivity index (χ4v) is 1.47. The Bertz CT molecular complexity index is 598. The van der Waals surface area contributed by atoms with Gasteiger partial charge in [-0.25, -0.2) is 14.8 Å². The van der Waals surface area contributed by atoms with E-state index in [9.17, 15) is 4.79 Å². The summed E-state index contributed by atoms with van der Waals surface area (Å²) in [4.78, 5) is 18.6. The molecule has 0 aliphatic heterocycles. The first-order chi connectivity index (χ1) is 8.22. The summed E-state index contributed by atoms with van der Waals surface area (Å²) in [6, 6.07) is 5.39. The minimum atomic E-state index is -1.08. The SMILES string of the molecule is N#Cc1cccn1Cc1ncncc1C(=O)O. The highest BCUT2D eigenvalue weighted by Crippen LogP contribution is 2.09. The molecule has 17 heavy (non-hydrogen) atoms. The molecule has 1 N–H and O–H groups in total. The van der Waals surface area contributed by atoms with E-state index in [-0.39, 0.29) is 12.1 Å². The minimum absolute atomic E-state index is 0.0464. The molecular formula is C11H8N4O2. The molecule has 0 unspecified atom stereocenters. The molecule has 0 saturated heterocycles. The number of nitriles is 1. The molecule has 2 aromatic rings. The fraction of sp³-hybridized carbons (Fsp3) is 0.0909. The maximum Gasteiger partial charge on any atom is 0.339 e. The summed E-state index contributed by atoms with van der Waals surface area (Å²) in [7, 11) is 0. The van der Waals surface area contributed by atoms with Gasteiger partial charge in [-0.1, -0.05) is 0 Å². The summed E-state index contributed by atoms with van der Waals surface area (Å²) in [5.41, 5.74) is 0.880. The van der Waals surface area contributed by atoms with Gasteiger partial charge in [0.2, 0.25) is 0 Å². The standard InChI is InChI=1S/C11H8N4O2/c12-4-8-2-1-3-15(8)6-10-9(11(16)17)5-13-7-14-10/h1-3,5,7H,6H2,(H,16,17). The van der Waals surface area contributed by atoms with Crippen molar-refractivity contribution in [1.29, 1.82) is 5.26 Å². The van der Waals surface area contributed by atoms with Crippen LogP contribution >= 0.6 is 0 Å². The second-order valence-electron chi connectivity index (χ2n) is 3.32. The van der Waals surface area contributed by atoms with Crippen LogP contribution < -0.4 is 0 Å². The van der Waals surface area contributed by atoms with Gasteiger partial charge >= 0.3 is 5.97 Å². The number of hydrogen-bond acceptors (Lipinski definition) is 4. The second-order valence-corrected chi connectivity index (χ2v) is 3.32. The average Bonchev–Trinajstić information content (AvgIpc) is 2.77. The Kier molecular flexibility index (Phi) is 2.83. The summed E-state index contributed by atoms with van der Waals surface area (Å²) in [6.07, 6.45) is 4.24. The molecule has 0 aromatic carbocycles. The molecule has 0 radical (unpaired) electrons. The van der Waals surface area contributed by atoms with Crippen molar-refractivity contribution >= 4 is 5.97 Å². The molecule has 0 fully saturated rings. The van der Waals surface area contributed by atoms with Crippen molar-refractivity contribution in [3.05, 3.63) is 47.8 Å². The van der Waals surface area contributed by atoms with E-state index in [2.05, 4.69) is 9.97 Å². The van der Waals surface area contributed by atoms with Crippen LogP contribution in [0, 0.1) is 11.3 Å². The number of hydrogen-bond donors (Lipinski definition) is 1. The van der Waals surface area contributed by atoms with Crippen LogP contribution in [-0.2, 0) is 6.54 Å². The third-order valence-electron chi connectivity index (χ3n) is 2.29. The van der Waals surface area contributed by atoms with E-state index in [1.165, 1.54) is 12.5 Å². The van der Waals surface area contributed by atoms with Gasteiger partial charge in [0.25, 0.3) is 0 Å². The van der Waals surface area contributed by atoms with E-state index in [1.54, 1.807) is 22.9 Å². The maximum atomic E-state index is 11.0. The number of carboxylic acids is 1. The van der Waals surface area contributed by atoms with Gasteiger partial charge in [0.15, 0.2) is 0 Å². The zero-order valence-corrected chi connectivity index (χ0v) is 8.74. The van der Waals surface area contributed by atoms with Crippen LogP contribution in [0.25, 0.3) is 0 Å². The first-order valence-corrected chi connectivity index (χ1v) is 4.80. The average molecular weight is 228 g/mol. The van der Waals surface area contributed by atoms with Crippen molar-refractivity contribution in [2.75, 3.05) is 0 Å². The molecule has 0 amide bonds. The van der Waals surface area contributed by atoms with Crippen LogP contribution in [0.1, 0.15) is 21.7 Å². The molecule has 0 atom stereocenters. The Morgan fingerprint density at radius 2 is 2.41 bits per heavy atom. The minimum Gasteiger partial charge on any atom is -0.478 e.